The fourth-order valence-electron chi connectivity index (χ4n) is 2.26. The molecule has 2 aromatic carbocycles. The zero-order valence-corrected chi connectivity index (χ0v) is 13.1. The van der Waals surface area contributed by atoms with Crippen molar-refractivity contribution in [3.8, 4) is 5.75 Å². The van der Waals surface area contributed by atoms with E-state index in [0.717, 1.165) is 11.3 Å². The lowest BCUT2D eigenvalue weighted by Crippen LogP contribution is -2.20. The SMILES string of the molecule is COc1ccc(C(CN)C(O)c2cccc(Cl)c2Cl)cc1. The lowest BCUT2D eigenvalue weighted by molar-refractivity contribution is 0.147. The van der Waals surface area contributed by atoms with E-state index in [2.05, 4.69) is 0 Å². The van der Waals surface area contributed by atoms with Crippen molar-refractivity contribution < 1.29 is 9.84 Å². The first-order valence-corrected chi connectivity index (χ1v) is 7.30. The fraction of sp³-hybridized carbons (Fsp3) is 0.250. The Morgan fingerprint density at radius 1 is 1.14 bits per heavy atom. The Labute approximate surface area is 134 Å². The Balaban J connectivity index is 2.33. The smallest absolute Gasteiger partial charge is 0.118 e. The van der Waals surface area contributed by atoms with Crippen LogP contribution in [0.15, 0.2) is 42.5 Å². The molecule has 0 amide bonds. The van der Waals surface area contributed by atoms with Gasteiger partial charge in [-0.2, -0.15) is 0 Å². The average Bonchev–Trinajstić information content (AvgIpc) is 2.51. The van der Waals surface area contributed by atoms with Gasteiger partial charge in [-0.1, -0.05) is 47.5 Å². The fourth-order valence-corrected chi connectivity index (χ4v) is 2.68. The van der Waals surface area contributed by atoms with E-state index >= 15 is 0 Å². The van der Waals surface area contributed by atoms with Gasteiger partial charge in [0.1, 0.15) is 5.75 Å². The molecule has 0 aliphatic rings. The van der Waals surface area contributed by atoms with E-state index in [4.69, 9.17) is 33.7 Å². The van der Waals surface area contributed by atoms with Crippen LogP contribution in [0, 0.1) is 0 Å². The molecule has 3 nitrogen and oxygen atoms in total. The van der Waals surface area contributed by atoms with E-state index in [9.17, 15) is 5.11 Å². The summed E-state index contributed by atoms with van der Waals surface area (Å²) < 4.78 is 5.13. The van der Waals surface area contributed by atoms with E-state index in [1.165, 1.54) is 0 Å². The number of methoxy groups -OCH3 is 1. The average molecular weight is 326 g/mol. The topological polar surface area (TPSA) is 55.5 Å². The monoisotopic (exact) mass is 325 g/mol. The Kier molecular flexibility index (Phi) is 5.48. The molecule has 0 aliphatic carbocycles. The van der Waals surface area contributed by atoms with Crippen LogP contribution in [0.4, 0.5) is 0 Å². The summed E-state index contributed by atoms with van der Waals surface area (Å²) in [4.78, 5) is 0. The maximum Gasteiger partial charge on any atom is 0.118 e. The molecule has 0 radical (unpaired) electrons. The Morgan fingerprint density at radius 2 is 1.81 bits per heavy atom. The van der Waals surface area contributed by atoms with Crippen molar-refractivity contribution in [2.75, 3.05) is 13.7 Å². The van der Waals surface area contributed by atoms with E-state index in [1.807, 2.05) is 24.3 Å². The molecular weight excluding hydrogens is 309 g/mol. The molecule has 2 unspecified atom stereocenters. The van der Waals surface area contributed by atoms with Crippen LogP contribution >= 0.6 is 23.2 Å². The highest BCUT2D eigenvalue weighted by Gasteiger charge is 2.24. The molecule has 0 saturated carbocycles. The first kappa shape index (κ1) is 16.1. The van der Waals surface area contributed by atoms with Gasteiger partial charge in [0.25, 0.3) is 0 Å². The molecule has 112 valence electrons. The van der Waals surface area contributed by atoms with Crippen LogP contribution in [0.5, 0.6) is 5.75 Å². The first-order valence-electron chi connectivity index (χ1n) is 6.54. The summed E-state index contributed by atoms with van der Waals surface area (Å²) in [6.45, 7) is 0.288. The van der Waals surface area contributed by atoms with Crippen molar-refractivity contribution in [1.29, 1.82) is 0 Å². The van der Waals surface area contributed by atoms with E-state index in [0.29, 0.717) is 15.6 Å². The Bertz CT molecular complexity index is 602. The van der Waals surface area contributed by atoms with Gasteiger partial charge in [-0.3, -0.25) is 0 Å². The predicted molar refractivity (Wildman–Crippen MR) is 86.2 cm³/mol. The third kappa shape index (κ3) is 3.50. The van der Waals surface area contributed by atoms with Crippen LogP contribution in [0.25, 0.3) is 0 Å². The number of hydrogen-bond acceptors (Lipinski definition) is 3. The number of ether oxygens (including phenoxy) is 1. The van der Waals surface area contributed by atoms with E-state index in [1.54, 1.807) is 25.3 Å². The van der Waals surface area contributed by atoms with Crippen LogP contribution in [-0.4, -0.2) is 18.8 Å². The molecule has 0 aromatic heterocycles. The number of halogens is 2. The van der Waals surface area contributed by atoms with Gasteiger partial charge in [0.15, 0.2) is 0 Å². The number of benzene rings is 2. The molecule has 0 bridgehead atoms. The summed E-state index contributed by atoms with van der Waals surface area (Å²) in [5, 5.41) is 11.4. The van der Waals surface area contributed by atoms with Crippen molar-refractivity contribution in [2.45, 2.75) is 12.0 Å². The lowest BCUT2D eigenvalue weighted by atomic mass is 9.89. The molecule has 3 N–H and O–H groups in total. The van der Waals surface area contributed by atoms with Crippen molar-refractivity contribution in [3.63, 3.8) is 0 Å². The minimum Gasteiger partial charge on any atom is -0.497 e. The molecule has 21 heavy (non-hydrogen) atoms. The van der Waals surface area contributed by atoms with Crippen molar-refractivity contribution in [3.05, 3.63) is 63.6 Å². The van der Waals surface area contributed by atoms with Gasteiger partial charge >= 0.3 is 0 Å². The molecular formula is C16H17Cl2NO2. The van der Waals surface area contributed by atoms with Crippen LogP contribution in [0.2, 0.25) is 10.0 Å². The van der Waals surface area contributed by atoms with E-state index < -0.39 is 6.10 Å². The van der Waals surface area contributed by atoms with Crippen LogP contribution in [-0.2, 0) is 0 Å². The summed E-state index contributed by atoms with van der Waals surface area (Å²) in [7, 11) is 1.61. The maximum atomic E-state index is 10.6. The van der Waals surface area contributed by atoms with Gasteiger partial charge in [-0.25, -0.2) is 0 Å². The van der Waals surface area contributed by atoms with Crippen molar-refractivity contribution >= 4 is 23.2 Å². The number of aliphatic hydroxyl groups is 1. The molecule has 0 saturated heterocycles. The summed E-state index contributed by atoms with van der Waals surface area (Å²) in [6.07, 6.45) is -0.824. The lowest BCUT2D eigenvalue weighted by Gasteiger charge is -2.23. The second-order valence-corrected chi connectivity index (χ2v) is 5.49. The molecule has 0 heterocycles. The molecule has 2 atom stereocenters. The van der Waals surface area contributed by atoms with Crippen LogP contribution < -0.4 is 10.5 Å². The predicted octanol–water partition coefficient (Wildman–Crippen LogP) is 3.78. The summed E-state index contributed by atoms with van der Waals surface area (Å²) in [5.41, 5.74) is 7.33. The highest BCUT2D eigenvalue weighted by atomic mass is 35.5. The first-order chi connectivity index (χ1) is 10.1. The largest absolute Gasteiger partial charge is 0.497 e. The van der Waals surface area contributed by atoms with Crippen molar-refractivity contribution in [2.24, 2.45) is 5.73 Å². The van der Waals surface area contributed by atoms with Gasteiger partial charge in [0, 0.05) is 18.0 Å². The minimum atomic E-state index is -0.824. The normalized spacial score (nSPS) is 13.8. The van der Waals surface area contributed by atoms with Gasteiger partial charge in [0.05, 0.1) is 23.3 Å². The van der Waals surface area contributed by atoms with Crippen molar-refractivity contribution in [1.82, 2.24) is 0 Å². The Morgan fingerprint density at radius 3 is 2.38 bits per heavy atom. The van der Waals surface area contributed by atoms with Gasteiger partial charge in [-0.15, -0.1) is 0 Å². The third-order valence-electron chi connectivity index (χ3n) is 3.48. The molecule has 0 spiro atoms. The molecule has 5 heteroatoms. The number of nitrogens with two attached hydrogens (primary N) is 1. The number of rotatable bonds is 5. The standard InChI is InChI=1S/C16H17Cl2NO2/c1-21-11-7-5-10(6-8-11)13(9-19)16(20)12-3-2-4-14(17)15(12)18/h2-8,13,16,20H,9,19H2,1H3. The molecule has 2 rings (SSSR count). The van der Waals surface area contributed by atoms with Crippen LogP contribution in [0.3, 0.4) is 0 Å². The summed E-state index contributed by atoms with van der Waals surface area (Å²) >= 11 is 12.2. The molecule has 0 fully saturated rings. The molecule has 2 aromatic rings. The van der Waals surface area contributed by atoms with Gasteiger partial charge < -0.3 is 15.6 Å². The summed E-state index contributed by atoms with van der Waals surface area (Å²) in [6, 6.07) is 12.6. The van der Waals surface area contributed by atoms with E-state index in [-0.39, 0.29) is 12.5 Å². The zero-order chi connectivity index (χ0) is 15.4. The second kappa shape index (κ2) is 7.14. The number of hydrogen-bond donors (Lipinski definition) is 2. The van der Waals surface area contributed by atoms with Crippen LogP contribution in [0.1, 0.15) is 23.1 Å². The second-order valence-electron chi connectivity index (χ2n) is 4.70. The molecule has 0 aliphatic heterocycles. The highest BCUT2D eigenvalue weighted by Crippen LogP contribution is 2.37. The third-order valence-corrected chi connectivity index (χ3v) is 4.31. The summed E-state index contributed by atoms with van der Waals surface area (Å²) in [5.74, 6) is 0.483. The van der Waals surface area contributed by atoms with Gasteiger partial charge in [0.2, 0.25) is 0 Å². The van der Waals surface area contributed by atoms with Gasteiger partial charge in [-0.05, 0) is 23.8 Å². The highest BCUT2D eigenvalue weighted by molar-refractivity contribution is 6.42. The quantitative estimate of drug-likeness (QED) is 0.879. The maximum absolute atomic E-state index is 10.6. The number of aliphatic hydroxyl groups excluding tert-OH is 1. The minimum absolute atomic E-state index is 0.271. The zero-order valence-electron chi connectivity index (χ0n) is 11.6. The Hall–Kier alpha value is -1.26.